The van der Waals surface area contributed by atoms with Gasteiger partial charge in [0.05, 0.1) is 34.3 Å². The van der Waals surface area contributed by atoms with Gasteiger partial charge in [-0.15, -0.1) is 0 Å². The molecule has 0 amide bonds. The third-order valence-electron chi connectivity index (χ3n) is 7.41. The van der Waals surface area contributed by atoms with Crippen LogP contribution in [0.2, 0.25) is 10.0 Å². The molecule has 1 aromatic heterocycles. The summed E-state index contributed by atoms with van der Waals surface area (Å²) in [6.07, 6.45) is 2.11. The fraction of sp³-hybridized carbons (Fsp3) is 0.267. The van der Waals surface area contributed by atoms with Crippen LogP contribution in [0.3, 0.4) is 0 Å². The van der Waals surface area contributed by atoms with Gasteiger partial charge in [0, 0.05) is 22.7 Å². The van der Waals surface area contributed by atoms with Crippen LogP contribution >= 0.6 is 23.2 Å². The minimum absolute atomic E-state index is 0.202. The predicted molar refractivity (Wildman–Crippen MR) is 149 cm³/mol. The lowest BCUT2D eigenvalue weighted by molar-refractivity contribution is 0.00760. The van der Waals surface area contributed by atoms with Crippen molar-refractivity contribution in [1.29, 1.82) is 0 Å². The summed E-state index contributed by atoms with van der Waals surface area (Å²) in [5.41, 5.74) is 3.80. The molecule has 1 aliphatic heterocycles. The number of hydrogen-bond donors (Lipinski definition) is 2. The smallest absolute Gasteiger partial charge is 0.335 e. The second-order valence-corrected chi connectivity index (χ2v) is 11.1. The minimum Gasteiger partial charge on any atom is -0.489 e. The molecule has 200 valence electrons. The number of rotatable bonds is 8. The Morgan fingerprint density at radius 1 is 1.10 bits per heavy atom. The number of aromatic carboxylic acids is 1. The maximum Gasteiger partial charge on any atom is 0.335 e. The first-order valence-electron chi connectivity index (χ1n) is 12.7. The zero-order valence-electron chi connectivity index (χ0n) is 21.2. The van der Waals surface area contributed by atoms with E-state index in [1.807, 2.05) is 36.1 Å². The molecule has 0 unspecified atom stereocenters. The van der Waals surface area contributed by atoms with Crippen molar-refractivity contribution in [2.45, 2.75) is 37.9 Å². The molecule has 1 saturated heterocycles. The van der Waals surface area contributed by atoms with Crippen molar-refractivity contribution in [2.75, 3.05) is 18.0 Å². The van der Waals surface area contributed by atoms with Gasteiger partial charge in [-0.25, -0.2) is 4.79 Å². The first kappa shape index (κ1) is 25.7. The Morgan fingerprint density at radius 2 is 1.87 bits per heavy atom. The van der Waals surface area contributed by atoms with Crippen LogP contribution < -0.4 is 9.64 Å². The van der Waals surface area contributed by atoms with Crippen molar-refractivity contribution < 1.29 is 24.3 Å². The zero-order valence-corrected chi connectivity index (χ0v) is 22.7. The summed E-state index contributed by atoms with van der Waals surface area (Å²) < 4.78 is 11.9. The molecule has 4 aromatic rings. The van der Waals surface area contributed by atoms with Crippen molar-refractivity contribution in [3.05, 3.63) is 98.7 Å². The molecule has 3 aromatic carbocycles. The van der Waals surface area contributed by atoms with E-state index in [2.05, 4.69) is 5.16 Å². The number of halogens is 2. The molecule has 0 bridgehead atoms. The molecule has 0 spiro atoms. The van der Waals surface area contributed by atoms with E-state index in [0.29, 0.717) is 46.1 Å². The highest BCUT2D eigenvalue weighted by Gasteiger charge is 2.44. The first-order valence-corrected chi connectivity index (χ1v) is 13.5. The molecule has 1 aliphatic carbocycles. The maximum atomic E-state index is 11.3. The van der Waals surface area contributed by atoms with E-state index in [4.69, 9.17) is 32.5 Å². The number of β-amino-alcohol motifs (C(OH)–C–C–N with tert-alkyl or cyclic N) is 1. The van der Waals surface area contributed by atoms with Gasteiger partial charge in [0.25, 0.3) is 0 Å². The topological polar surface area (TPSA) is 96.0 Å². The number of carboxylic acid groups (broad SMARTS) is 1. The van der Waals surface area contributed by atoms with E-state index in [0.717, 1.165) is 41.0 Å². The molecule has 1 saturated carbocycles. The van der Waals surface area contributed by atoms with Gasteiger partial charge in [0.1, 0.15) is 29.4 Å². The average Bonchev–Trinajstić information content (AvgIpc) is 3.66. The van der Waals surface area contributed by atoms with Crippen molar-refractivity contribution in [3.8, 4) is 17.0 Å². The summed E-state index contributed by atoms with van der Waals surface area (Å²) in [6, 6.07) is 17.7. The number of aryl methyl sites for hydroxylation is 1. The molecule has 2 N–H and O–H groups in total. The molecular formula is C30H26Cl2N2O5. The van der Waals surface area contributed by atoms with Crippen LogP contribution in [0.1, 0.15) is 51.6 Å². The van der Waals surface area contributed by atoms with Crippen molar-refractivity contribution in [1.82, 2.24) is 5.16 Å². The Balaban J connectivity index is 1.19. The second kappa shape index (κ2) is 9.90. The number of aromatic nitrogens is 1. The maximum absolute atomic E-state index is 11.3. The highest BCUT2D eigenvalue weighted by molar-refractivity contribution is 6.33. The standard InChI is InChI=1S/C30H26Cl2N2O5/c1-17-4-2-7-24(31)26(17)27-22(28(39-33-27)18-8-9-18)14-38-21-10-11-23(25(32)13-21)30(37)15-34(16-30)20-6-3-5-19(12-20)29(35)36/h2-7,10-13,18,37H,8-9,14-16H2,1H3,(H,35,36). The summed E-state index contributed by atoms with van der Waals surface area (Å²) in [7, 11) is 0. The first-order chi connectivity index (χ1) is 18.7. The number of aliphatic hydroxyl groups is 1. The number of benzene rings is 3. The van der Waals surface area contributed by atoms with E-state index in [-0.39, 0.29) is 12.2 Å². The Kier molecular flexibility index (Phi) is 6.53. The molecular weight excluding hydrogens is 539 g/mol. The largest absolute Gasteiger partial charge is 0.489 e. The number of carboxylic acids is 1. The van der Waals surface area contributed by atoms with Crippen molar-refractivity contribution in [3.63, 3.8) is 0 Å². The van der Waals surface area contributed by atoms with Gasteiger partial charge in [-0.05, 0) is 61.7 Å². The summed E-state index contributed by atoms with van der Waals surface area (Å²) in [5.74, 6) is 0.742. The number of nitrogens with zero attached hydrogens (tertiary/aromatic N) is 2. The summed E-state index contributed by atoms with van der Waals surface area (Å²) in [4.78, 5) is 13.2. The molecule has 6 rings (SSSR count). The Labute approximate surface area is 235 Å². The summed E-state index contributed by atoms with van der Waals surface area (Å²) >= 11 is 13.2. The fourth-order valence-electron chi connectivity index (χ4n) is 5.15. The quantitative estimate of drug-likeness (QED) is 0.242. The predicted octanol–water partition coefficient (Wildman–Crippen LogP) is 6.82. The third-order valence-corrected chi connectivity index (χ3v) is 8.04. The molecule has 7 nitrogen and oxygen atoms in total. The lowest BCUT2D eigenvalue weighted by Crippen LogP contribution is -2.59. The number of hydrogen-bond acceptors (Lipinski definition) is 6. The number of anilines is 1. The van der Waals surface area contributed by atoms with E-state index < -0.39 is 11.6 Å². The average molecular weight is 565 g/mol. The molecule has 2 heterocycles. The van der Waals surface area contributed by atoms with Gasteiger partial charge in [-0.3, -0.25) is 0 Å². The lowest BCUT2D eigenvalue weighted by Gasteiger charge is -2.48. The zero-order chi connectivity index (χ0) is 27.3. The monoisotopic (exact) mass is 564 g/mol. The van der Waals surface area contributed by atoms with Gasteiger partial charge >= 0.3 is 5.97 Å². The van der Waals surface area contributed by atoms with Crippen LogP contribution in [0.5, 0.6) is 5.75 Å². The minimum atomic E-state index is -1.16. The summed E-state index contributed by atoms with van der Waals surface area (Å²) in [5, 5.41) is 25.9. The molecule has 39 heavy (non-hydrogen) atoms. The van der Waals surface area contributed by atoms with Crippen molar-refractivity contribution in [2.24, 2.45) is 0 Å². The van der Waals surface area contributed by atoms with Crippen LogP contribution in [0.4, 0.5) is 5.69 Å². The summed E-state index contributed by atoms with van der Waals surface area (Å²) in [6.45, 7) is 2.82. The fourth-order valence-corrected chi connectivity index (χ4v) is 5.81. The Bertz CT molecular complexity index is 1550. The van der Waals surface area contributed by atoms with Crippen LogP contribution in [-0.4, -0.2) is 34.4 Å². The van der Waals surface area contributed by atoms with Gasteiger partial charge < -0.3 is 24.4 Å². The van der Waals surface area contributed by atoms with E-state index in [1.165, 1.54) is 0 Å². The van der Waals surface area contributed by atoms with Crippen LogP contribution in [0.25, 0.3) is 11.3 Å². The van der Waals surface area contributed by atoms with Crippen LogP contribution in [0, 0.1) is 6.92 Å². The van der Waals surface area contributed by atoms with E-state index in [9.17, 15) is 15.0 Å². The third kappa shape index (κ3) is 4.86. The van der Waals surface area contributed by atoms with Crippen molar-refractivity contribution >= 4 is 34.9 Å². The second-order valence-electron chi connectivity index (χ2n) is 10.3. The molecule has 2 fully saturated rings. The lowest BCUT2D eigenvalue weighted by atomic mass is 9.85. The van der Waals surface area contributed by atoms with Gasteiger partial charge in [0.2, 0.25) is 0 Å². The Hall–Kier alpha value is -3.52. The molecule has 0 atom stereocenters. The molecule has 9 heteroatoms. The highest BCUT2D eigenvalue weighted by atomic mass is 35.5. The normalized spacial score (nSPS) is 16.2. The number of carbonyl (C=O) groups is 1. The van der Waals surface area contributed by atoms with Gasteiger partial charge in [-0.1, -0.05) is 52.6 Å². The highest BCUT2D eigenvalue weighted by Crippen LogP contribution is 2.46. The van der Waals surface area contributed by atoms with Gasteiger partial charge in [0.15, 0.2) is 0 Å². The molecule has 2 aliphatic rings. The SMILES string of the molecule is Cc1cccc(Cl)c1-c1noc(C2CC2)c1COc1ccc(C2(O)CN(c3cccc(C(=O)O)c3)C2)c(Cl)c1. The van der Waals surface area contributed by atoms with E-state index >= 15 is 0 Å². The Morgan fingerprint density at radius 3 is 2.56 bits per heavy atom. The molecule has 0 radical (unpaired) electrons. The van der Waals surface area contributed by atoms with Crippen LogP contribution in [0.15, 0.2) is 65.2 Å². The van der Waals surface area contributed by atoms with E-state index in [1.54, 1.807) is 36.4 Å². The number of ether oxygens (including phenoxy) is 1. The van der Waals surface area contributed by atoms with Crippen LogP contribution in [-0.2, 0) is 12.2 Å². The van der Waals surface area contributed by atoms with Gasteiger partial charge in [-0.2, -0.15) is 0 Å².